The normalized spacial score (nSPS) is 22.2. The molecule has 314 valence electrons. The van der Waals surface area contributed by atoms with Crippen LogP contribution in [0.15, 0.2) is 91.7 Å². The second kappa shape index (κ2) is 18.5. The van der Waals surface area contributed by atoms with Gasteiger partial charge in [-0.25, -0.2) is 14.8 Å². The van der Waals surface area contributed by atoms with Crippen LogP contribution >= 0.6 is 31.9 Å². The first kappa shape index (κ1) is 47.1. The maximum Gasteiger partial charge on any atom is 0.494 e. The maximum absolute atomic E-state index is 6.62. The molecule has 0 bridgehead atoms. The molecule has 0 atom stereocenters. The smallest absolute Gasteiger partial charge is 0.476 e. The summed E-state index contributed by atoms with van der Waals surface area (Å²) in [6.07, 6.45) is 0. The summed E-state index contributed by atoms with van der Waals surface area (Å²) in [5.74, 6) is 1.49. The number of nitrogens with zero attached hydrogens (tertiary/aromatic N) is 3. The van der Waals surface area contributed by atoms with Crippen LogP contribution in [-0.2, 0) is 37.4 Å². The second-order valence-electron chi connectivity index (χ2n) is 17.6. The Labute approximate surface area is 368 Å². The molecule has 0 aromatic heterocycles. The Kier molecular flexibility index (Phi) is 14.8. The Morgan fingerprint density at radius 1 is 0.492 bits per heavy atom. The molecule has 16 heteroatoms. The summed E-state index contributed by atoms with van der Waals surface area (Å²) in [4.78, 5) is 11.8. The average molecular weight is 935 g/mol. The van der Waals surface area contributed by atoms with E-state index in [0.717, 1.165) is 50.4 Å². The van der Waals surface area contributed by atoms with Crippen molar-refractivity contribution in [1.82, 2.24) is 0 Å². The van der Waals surface area contributed by atoms with E-state index in [9.17, 15) is 0 Å². The molecule has 3 aromatic carbocycles. The number of aliphatic imine (C=N–C) groups is 2. The molecule has 0 unspecified atom stereocenters. The Hall–Kier alpha value is -3.00. The van der Waals surface area contributed by atoms with Gasteiger partial charge in [0.1, 0.15) is 13.2 Å². The monoisotopic (exact) mass is 933 g/mol. The molecule has 5 aliphatic rings. The third-order valence-electron chi connectivity index (χ3n) is 11.7. The van der Waals surface area contributed by atoms with E-state index in [1.165, 1.54) is 0 Å². The predicted octanol–water partition coefficient (Wildman–Crippen LogP) is 9.24. The Morgan fingerprint density at radius 2 is 0.814 bits per heavy atom. The topological polar surface area (TPSA) is 103 Å². The Balaban J connectivity index is 0.000000156. The summed E-state index contributed by atoms with van der Waals surface area (Å²) in [5, 5.41) is 0. The Bertz CT molecular complexity index is 1920. The predicted molar refractivity (Wildman–Crippen MR) is 244 cm³/mol. The van der Waals surface area contributed by atoms with Crippen LogP contribution in [-0.4, -0.2) is 92.8 Å². The summed E-state index contributed by atoms with van der Waals surface area (Å²) >= 11 is 6.65. The molecule has 0 saturated carbocycles. The van der Waals surface area contributed by atoms with Crippen molar-refractivity contribution in [2.45, 2.75) is 117 Å². The van der Waals surface area contributed by atoms with Crippen LogP contribution in [0.3, 0.4) is 0 Å². The van der Waals surface area contributed by atoms with Gasteiger partial charge in [0.15, 0.2) is 5.69 Å². The highest BCUT2D eigenvalue weighted by Gasteiger charge is 2.63. The summed E-state index contributed by atoms with van der Waals surface area (Å²) < 4.78 is 48.8. The largest absolute Gasteiger partial charge is 0.494 e. The molecule has 0 N–H and O–H groups in total. The van der Waals surface area contributed by atoms with Crippen LogP contribution in [0, 0.1) is 6.57 Å². The molecule has 0 amide bonds. The van der Waals surface area contributed by atoms with Crippen LogP contribution in [0.5, 0.6) is 0 Å². The first-order valence-corrected chi connectivity index (χ1v) is 21.5. The van der Waals surface area contributed by atoms with Crippen molar-refractivity contribution in [3.8, 4) is 0 Å². The number of hydrogen-bond acceptors (Lipinski definition) is 10. The molecule has 5 heterocycles. The van der Waals surface area contributed by atoms with Crippen LogP contribution in [0.4, 0.5) is 5.69 Å². The van der Waals surface area contributed by atoms with Gasteiger partial charge < -0.3 is 37.4 Å². The summed E-state index contributed by atoms with van der Waals surface area (Å²) in [6, 6.07) is 23.3. The highest BCUT2D eigenvalue weighted by atomic mass is 79.9. The molecule has 3 saturated heterocycles. The van der Waals surface area contributed by atoms with E-state index in [4.69, 9.17) is 44.0 Å². The molecule has 59 heavy (non-hydrogen) atoms. The van der Waals surface area contributed by atoms with Crippen molar-refractivity contribution in [3.05, 3.63) is 104 Å². The number of rotatable bonds is 4. The fourth-order valence-electron chi connectivity index (χ4n) is 5.89. The van der Waals surface area contributed by atoms with Crippen LogP contribution in [0.2, 0.25) is 0 Å². The molecule has 0 spiro atoms. The van der Waals surface area contributed by atoms with E-state index in [0.29, 0.717) is 18.9 Å². The lowest BCUT2D eigenvalue weighted by molar-refractivity contribution is 0.00578. The highest BCUT2D eigenvalue weighted by Crippen LogP contribution is 2.43. The molecule has 5 aliphatic heterocycles. The lowest BCUT2D eigenvalue weighted by Gasteiger charge is -2.32. The summed E-state index contributed by atoms with van der Waals surface area (Å²) in [6.45, 7) is 34.0. The van der Waals surface area contributed by atoms with Gasteiger partial charge in [-0.2, -0.15) is 0 Å². The number of benzene rings is 3. The fourth-order valence-corrected chi connectivity index (χ4v) is 6.42. The zero-order valence-electron chi connectivity index (χ0n) is 36.4. The van der Waals surface area contributed by atoms with Crippen molar-refractivity contribution in [2.24, 2.45) is 9.98 Å². The molecule has 8 rings (SSSR count). The van der Waals surface area contributed by atoms with Crippen molar-refractivity contribution in [2.75, 3.05) is 26.3 Å². The van der Waals surface area contributed by atoms with Gasteiger partial charge in [0.05, 0.1) is 53.3 Å². The standard InChI is InChI=1S/C15H20BNO3.C12H24B2O4.C9H8BrNO.C7H4BrN/c1-14(2)15(3,4)20-16(19-14)12-7-5-11(6-8-12)13-17-9-10-18-13;1-9(2)10(3,4)16-13(15-9)14-17-11(5,6)12(7,8)18-14;10-8-3-1-7(2-4-8)9-11-5-6-12-9;1-9-7-4-2-6(8)3-5-7/h5-8H,9-10H2,1-4H3;1-8H3;1-4H,5-6H2;2-5H. The van der Waals surface area contributed by atoms with Gasteiger partial charge >= 0.3 is 21.1 Å². The van der Waals surface area contributed by atoms with Gasteiger partial charge in [-0.3, -0.25) is 0 Å². The first-order valence-electron chi connectivity index (χ1n) is 19.9. The van der Waals surface area contributed by atoms with E-state index in [-0.39, 0.29) is 40.7 Å². The average Bonchev–Trinajstić information content (AvgIpc) is 3.99. The van der Waals surface area contributed by atoms with Crippen molar-refractivity contribution < 1.29 is 37.4 Å². The zero-order chi connectivity index (χ0) is 43.4. The van der Waals surface area contributed by atoms with Gasteiger partial charge in [0.2, 0.25) is 11.8 Å². The second-order valence-corrected chi connectivity index (χ2v) is 19.5. The van der Waals surface area contributed by atoms with E-state index >= 15 is 0 Å². The van der Waals surface area contributed by atoms with E-state index in [1.54, 1.807) is 12.1 Å². The minimum atomic E-state index is -0.476. The lowest BCUT2D eigenvalue weighted by atomic mass is 9.49. The van der Waals surface area contributed by atoms with Gasteiger partial charge in [-0.05, 0) is 125 Å². The molecule has 3 fully saturated rings. The molecular weight excluding hydrogens is 879 g/mol. The zero-order valence-corrected chi connectivity index (χ0v) is 39.5. The molecule has 3 aromatic rings. The highest BCUT2D eigenvalue weighted by molar-refractivity contribution is 9.10. The molecule has 0 aliphatic carbocycles. The first-order chi connectivity index (χ1) is 27.5. The molecular formula is C43H56B3Br2N3O8. The number of hydrogen-bond donors (Lipinski definition) is 0. The van der Waals surface area contributed by atoms with Crippen LogP contribution in [0.25, 0.3) is 4.85 Å². The van der Waals surface area contributed by atoms with E-state index in [1.807, 2.05) is 116 Å². The van der Waals surface area contributed by atoms with Crippen molar-refractivity contribution in [3.63, 3.8) is 0 Å². The SMILES string of the molecule is Brc1ccc(C2=NCCO2)cc1.CC1(C)OB(B2OC(C)(C)C(C)(C)O2)OC1(C)C.CC1(C)OB(c2ccc(C3=NCCO3)cc2)OC1(C)C.[C-]#[N+]c1ccc(Br)cc1. The number of halogens is 2. The third kappa shape index (κ3) is 11.5. The van der Waals surface area contributed by atoms with Gasteiger partial charge in [-0.1, -0.05) is 68.3 Å². The molecule has 0 radical (unpaired) electrons. The maximum atomic E-state index is 6.62. The summed E-state index contributed by atoms with van der Waals surface area (Å²) in [7, 11) is -1.27. The fraction of sp³-hybridized carbons (Fsp3) is 0.512. The van der Waals surface area contributed by atoms with Crippen molar-refractivity contribution in [1.29, 1.82) is 0 Å². The van der Waals surface area contributed by atoms with Crippen LogP contribution in [0.1, 0.15) is 94.2 Å². The van der Waals surface area contributed by atoms with Crippen molar-refractivity contribution >= 4 is 75.9 Å². The summed E-state index contributed by atoms with van der Waals surface area (Å²) in [5.41, 5.74) is 1.69. The third-order valence-corrected chi connectivity index (χ3v) is 12.7. The Morgan fingerprint density at radius 3 is 1.14 bits per heavy atom. The van der Waals surface area contributed by atoms with E-state index in [2.05, 4.69) is 74.4 Å². The minimum Gasteiger partial charge on any atom is -0.476 e. The molecule has 11 nitrogen and oxygen atoms in total. The van der Waals surface area contributed by atoms with Gasteiger partial charge in [0.25, 0.3) is 0 Å². The van der Waals surface area contributed by atoms with E-state index < -0.39 is 14.0 Å². The van der Waals surface area contributed by atoms with Crippen LogP contribution < -0.4 is 5.46 Å². The lowest BCUT2D eigenvalue weighted by Crippen LogP contribution is -2.41. The quantitative estimate of drug-likeness (QED) is 0.189. The minimum absolute atomic E-state index is 0.311. The number of ether oxygens (including phenoxy) is 2. The van der Waals surface area contributed by atoms with Gasteiger partial charge in [0, 0.05) is 20.1 Å². The van der Waals surface area contributed by atoms with Gasteiger partial charge in [-0.15, -0.1) is 0 Å².